The first-order valence-electron chi connectivity index (χ1n) is 5.51. The summed E-state index contributed by atoms with van der Waals surface area (Å²) in [6, 6.07) is 6.66. The van der Waals surface area contributed by atoms with Crippen molar-refractivity contribution in [3.05, 3.63) is 33.3 Å². The molecular weight excluding hydrogens is 306 g/mol. The van der Waals surface area contributed by atoms with Gasteiger partial charge < -0.3 is 5.32 Å². The van der Waals surface area contributed by atoms with Crippen LogP contribution < -0.4 is 5.32 Å². The highest BCUT2D eigenvalue weighted by Crippen LogP contribution is 2.22. The van der Waals surface area contributed by atoms with Gasteiger partial charge in [-0.05, 0) is 42.0 Å². The molecule has 4 heteroatoms. The van der Waals surface area contributed by atoms with Crippen LogP contribution in [-0.4, -0.2) is 17.5 Å². The maximum Gasteiger partial charge on any atom is 0.0417 e. The molecule has 1 N–H and O–H groups in total. The Kier molecular flexibility index (Phi) is 5.01. The van der Waals surface area contributed by atoms with Crippen LogP contribution in [0.2, 0.25) is 5.02 Å². The van der Waals surface area contributed by atoms with Crippen molar-refractivity contribution in [1.82, 2.24) is 5.32 Å². The van der Waals surface area contributed by atoms with Crippen molar-refractivity contribution in [2.75, 3.05) is 11.5 Å². The molecule has 1 nitrogen and oxygen atoms in total. The van der Waals surface area contributed by atoms with E-state index in [1.165, 1.54) is 29.9 Å². The third-order valence-electron chi connectivity index (χ3n) is 2.82. The number of hydrogen-bond donors (Lipinski definition) is 1. The van der Waals surface area contributed by atoms with Gasteiger partial charge in [0.1, 0.15) is 0 Å². The summed E-state index contributed by atoms with van der Waals surface area (Å²) in [6.45, 7) is 0.924. The van der Waals surface area contributed by atoms with Crippen molar-refractivity contribution in [3.63, 3.8) is 0 Å². The Morgan fingerprint density at radius 3 is 2.81 bits per heavy atom. The van der Waals surface area contributed by atoms with Crippen LogP contribution in [0.3, 0.4) is 0 Å². The summed E-state index contributed by atoms with van der Waals surface area (Å²) in [7, 11) is 0. The van der Waals surface area contributed by atoms with Gasteiger partial charge in [-0.3, -0.25) is 0 Å². The van der Waals surface area contributed by atoms with Crippen LogP contribution >= 0.6 is 39.3 Å². The molecular formula is C12H15BrClNS. The van der Waals surface area contributed by atoms with Crippen LogP contribution in [0.15, 0.2) is 22.7 Å². The minimum Gasteiger partial charge on any atom is -0.310 e. The van der Waals surface area contributed by atoms with E-state index in [0.717, 1.165) is 16.0 Å². The molecule has 88 valence electrons. The summed E-state index contributed by atoms with van der Waals surface area (Å²) >= 11 is 11.5. The molecule has 1 saturated heterocycles. The van der Waals surface area contributed by atoms with E-state index in [-0.39, 0.29) is 0 Å². The summed E-state index contributed by atoms with van der Waals surface area (Å²) in [5.41, 5.74) is 1.28. The lowest BCUT2D eigenvalue weighted by Gasteiger charge is -2.22. The van der Waals surface area contributed by atoms with Gasteiger partial charge in [0.25, 0.3) is 0 Å². The maximum absolute atomic E-state index is 5.91. The predicted molar refractivity (Wildman–Crippen MR) is 76.3 cm³/mol. The molecule has 2 rings (SSSR count). The van der Waals surface area contributed by atoms with Gasteiger partial charge >= 0.3 is 0 Å². The average molecular weight is 321 g/mol. The van der Waals surface area contributed by atoms with E-state index >= 15 is 0 Å². The summed E-state index contributed by atoms with van der Waals surface area (Å²) in [4.78, 5) is 0. The van der Waals surface area contributed by atoms with Crippen molar-refractivity contribution in [3.8, 4) is 0 Å². The van der Waals surface area contributed by atoms with Crippen LogP contribution in [0.25, 0.3) is 0 Å². The molecule has 0 bridgehead atoms. The van der Waals surface area contributed by atoms with E-state index in [2.05, 4.69) is 39.1 Å². The van der Waals surface area contributed by atoms with Crippen molar-refractivity contribution in [2.45, 2.75) is 25.4 Å². The summed E-state index contributed by atoms with van der Waals surface area (Å²) in [5, 5.41) is 4.39. The highest BCUT2D eigenvalue weighted by atomic mass is 79.9. The third-order valence-corrected chi connectivity index (χ3v) is 4.84. The molecule has 1 aliphatic heterocycles. The van der Waals surface area contributed by atoms with Gasteiger partial charge in [-0.25, -0.2) is 0 Å². The Hall–Kier alpha value is 0.300. The van der Waals surface area contributed by atoms with Gasteiger partial charge in [0.2, 0.25) is 0 Å². The van der Waals surface area contributed by atoms with E-state index in [1.807, 2.05) is 12.1 Å². The van der Waals surface area contributed by atoms with Crippen molar-refractivity contribution in [2.24, 2.45) is 0 Å². The second-order valence-corrected chi connectivity index (χ2v) is 6.52. The lowest BCUT2D eigenvalue weighted by Crippen LogP contribution is -2.32. The Morgan fingerprint density at radius 2 is 2.12 bits per heavy atom. The topological polar surface area (TPSA) is 12.0 Å². The molecule has 16 heavy (non-hydrogen) atoms. The van der Waals surface area contributed by atoms with Crippen LogP contribution in [0.5, 0.6) is 0 Å². The van der Waals surface area contributed by atoms with Crippen LogP contribution in [0, 0.1) is 0 Å². The monoisotopic (exact) mass is 319 g/mol. The lowest BCUT2D eigenvalue weighted by atomic mass is 10.1. The molecule has 0 amide bonds. The molecule has 0 radical (unpaired) electrons. The summed E-state index contributed by atoms with van der Waals surface area (Å²) in [6.07, 6.45) is 2.58. The van der Waals surface area contributed by atoms with Crippen LogP contribution in [0.4, 0.5) is 0 Å². The minimum absolute atomic E-state index is 0.684. The fourth-order valence-electron chi connectivity index (χ4n) is 1.82. The second-order valence-electron chi connectivity index (χ2n) is 4.00. The minimum atomic E-state index is 0.684. The maximum atomic E-state index is 5.91. The number of halogens is 2. The van der Waals surface area contributed by atoms with Crippen molar-refractivity contribution >= 4 is 39.3 Å². The Labute approximate surface area is 114 Å². The second kappa shape index (κ2) is 6.29. The normalized spacial score (nSPS) is 17.6. The molecule has 1 aliphatic rings. The first-order chi connectivity index (χ1) is 7.75. The highest BCUT2D eigenvalue weighted by Gasteiger charge is 2.13. The molecule has 0 aromatic heterocycles. The lowest BCUT2D eigenvalue weighted by molar-refractivity contribution is 0.482. The van der Waals surface area contributed by atoms with E-state index in [1.54, 1.807) is 0 Å². The molecule has 1 aromatic carbocycles. The van der Waals surface area contributed by atoms with Gasteiger partial charge in [-0.15, -0.1) is 0 Å². The van der Waals surface area contributed by atoms with Gasteiger partial charge in [0, 0.05) is 22.1 Å². The fourth-order valence-corrected chi connectivity index (χ4v) is 3.75. The Bertz CT molecular complexity index is 353. The largest absolute Gasteiger partial charge is 0.310 e. The first kappa shape index (κ1) is 12.7. The zero-order chi connectivity index (χ0) is 11.4. The van der Waals surface area contributed by atoms with E-state index in [4.69, 9.17) is 11.6 Å². The third kappa shape index (κ3) is 3.66. The van der Waals surface area contributed by atoms with Gasteiger partial charge in [-0.1, -0.05) is 33.6 Å². The van der Waals surface area contributed by atoms with E-state index < -0.39 is 0 Å². The predicted octanol–water partition coefficient (Wildman–Crippen LogP) is 4.09. The molecule has 1 heterocycles. The Balaban J connectivity index is 1.88. The molecule has 1 fully saturated rings. The van der Waals surface area contributed by atoms with Crippen molar-refractivity contribution in [1.29, 1.82) is 0 Å². The van der Waals surface area contributed by atoms with Crippen LogP contribution in [-0.2, 0) is 6.54 Å². The highest BCUT2D eigenvalue weighted by molar-refractivity contribution is 9.10. The number of rotatable bonds is 3. The summed E-state index contributed by atoms with van der Waals surface area (Å²) < 4.78 is 1.10. The fraction of sp³-hybridized carbons (Fsp3) is 0.500. The van der Waals surface area contributed by atoms with Crippen LogP contribution in [0.1, 0.15) is 18.4 Å². The van der Waals surface area contributed by atoms with Gasteiger partial charge in [0.05, 0.1) is 0 Å². The quantitative estimate of drug-likeness (QED) is 0.900. The average Bonchev–Trinajstić information content (AvgIpc) is 2.29. The molecule has 0 aliphatic carbocycles. The van der Waals surface area contributed by atoms with Crippen molar-refractivity contribution < 1.29 is 0 Å². The molecule has 0 spiro atoms. The molecule has 0 saturated carbocycles. The molecule has 0 unspecified atom stereocenters. The SMILES string of the molecule is Clc1ccc(CNC2CCSCC2)c(Br)c1. The van der Waals surface area contributed by atoms with E-state index in [9.17, 15) is 0 Å². The first-order valence-corrected chi connectivity index (χ1v) is 7.83. The Morgan fingerprint density at radius 1 is 1.38 bits per heavy atom. The molecule has 0 atom stereocenters. The zero-order valence-electron chi connectivity index (χ0n) is 9.01. The van der Waals surface area contributed by atoms with Gasteiger partial charge in [0.15, 0.2) is 0 Å². The zero-order valence-corrected chi connectivity index (χ0v) is 12.2. The molecule has 1 aromatic rings. The van der Waals surface area contributed by atoms with E-state index in [0.29, 0.717) is 6.04 Å². The van der Waals surface area contributed by atoms with Gasteiger partial charge in [-0.2, -0.15) is 11.8 Å². The standard InChI is InChI=1S/C12H15BrClNS/c13-12-7-10(14)2-1-9(12)8-15-11-3-5-16-6-4-11/h1-2,7,11,15H,3-6,8H2. The summed E-state index contributed by atoms with van der Waals surface area (Å²) in [5.74, 6) is 2.58. The number of hydrogen-bond acceptors (Lipinski definition) is 2. The number of nitrogens with one attached hydrogen (secondary N) is 1. The number of thioether (sulfide) groups is 1. The number of benzene rings is 1. The smallest absolute Gasteiger partial charge is 0.0417 e.